The van der Waals surface area contributed by atoms with Crippen molar-refractivity contribution in [1.82, 2.24) is 10.3 Å². The Morgan fingerprint density at radius 2 is 2.12 bits per heavy atom. The van der Waals surface area contributed by atoms with Gasteiger partial charge in [-0.15, -0.1) is 0 Å². The van der Waals surface area contributed by atoms with Gasteiger partial charge in [0.15, 0.2) is 0 Å². The molecule has 0 saturated carbocycles. The van der Waals surface area contributed by atoms with Gasteiger partial charge in [0, 0.05) is 25.6 Å². The lowest BCUT2D eigenvalue weighted by atomic mass is 10.2. The van der Waals surface area contributed by atoms with Crippen molar-refractivity contribution in [3.63, 3.8) is 0 Å². The molecule has 2 rings (SSSR count). The van der Waals surface area contributed by atoms with Crippen LogP contribution in [0.2, 0.25) is 0 Å². The molecule has 0 bridgehead atoms. The number of hydrogen-bond donors (Lipinski definition) is 1. The van der Waals surface area contributed by atoms with Crippen molar-refractivity contribution in [3.8, 4) is 0 Å². The van der Waals surface area contributed by atoms with E-state index in [-0.39, 0.29) is 5.91 Å². The fourth-order valence-corrected chi connectivity index (χ4v) is 1.70. The van der Waals surface area contributed by atoms with E-state index in [1.807, 2.05) is 25.2 Å². The van der Waals surface area contributed by atoms with Gasteiger partial charge < -0.3 is 4.90 Å². The molecule has 16 heavy (non-hydrogen) atoms. The third kappa shape index (κ3) is 2.39. The minimum atomic E-state index is -0.159. The molecular formula is C12H15N3O. The molecule has 84 valence electrons. The second-order valence-electron chi connectivity index (χ2n) is 3.86. The van der Waals surface area contributed by atoms with Crippen LogP contribution >= 0.6 is 0 Å². The van der Waals surface area contributed by atoms with Crippen LogP contribution in [-0.2, 0) is 0 Å². The predicted octanol–water partition coefficient (Wildman–Crippen LogP) is 1.46. The Morgan fingerprint density at radius 1 is 1.38 bits per heavy atom. The molecule has 1 amide bonds. The quantitative estimate of drug-likeness (QED) is 0.762. The smallest absolute Gasteiger partial charge is 0.271 e. The summed E-state index contributed by atoms with van der Waals surface area (Å²) in [7, 11) is 1.99. The highest BCUT2D eigenvalue weighted by atomic mass is 16.2. The van der Waals surface area contributed by atoms with Gasteiger partial charge in [-0.05, 0) is 18.6 Å². The van der Waals surface area contributed by atoms with Gasteiger partial charge in [-0.2, -0.15) is 5.10 Å². The number of benzene rings is 1. The van der Waals surface area contributed by atoms with Crippen LogP contribution in [0.3, 0.4) is 0 Å². The first-order valence-corrected chi connectivity index (χ1v) is 5.40. The molecule has 1 aromatic rings. The van der Waals surface area contributed by atoms with Gasteiger partial charge in [0.2, 0.25) is 0 Å². The number of nitrogens with zero attached hydrogens (tertiary/aromatic N) is 2. The van der Waals surface area contributed by atoms with Gasteiger partial charge in [-0.25, -0.2) is 5.43 Å². The second kappa shape index (κ2) is 4.79. The second-order valence-corrected chi connectivity index (χ2v) is 3.86. The van der Waals surface area contributed by atoms with E-state index in [4.69, 9.17) is 0 Å². The fourth-order valence-electron chi connectivity index (χ4n) is 1.70. The van der Waals surface area contributed by atoms with Crippen LogP contribution < -0.4 is 5.43 Å². The van der Waals surface area contributed by atoms with Gasteiger partial charge in [0.1, 0.15) is 5.84 Å². The van der Waals surface area contributed by atoms with Crippen molar-refractivity contribution in [2.75, 3.05) is 13.6 Å². The van der Waals surface area contributed by atoms with Crippen molar-refractivity contribution in [2.24, 2.45) is 5.10 Å². The van der Waals surface area contributed by atoms with Crippen LogP contribution in [0.25, 0.3) is 0 Å². The molecule has 0 aliphatic carbocycles. The van der Waals surface area contributed by atoms with Crippen LogP contribution in [0.5, 0.6) is 0 Å². The summed E-state index contributed by atoms with van der Waals surface area (Å²) in [6, 6.07) is 9.10. The Balaban J connectivity index is 1.98. The van der Waals surface area contributed by atoms with Crippen LogP contribution in [0.4, 0.5) is 0 Å². The Morgan fingerprint density at radius 3 is 2.75 bits per heavy atom. The van der Waals surface area contributed by atoms with Crippen molar-refractivity contribution in [1.29, 1.82) is 0 Å². The minimum Gasteiger partial charge on any atom is -0.362 e. The molecule has 0 spiro atoms. The zero-order valence-electron chi connectivity index (χ0n) is 9.31. The van der Waals surface area contributed by atoms with Crippen molar-refractivity contribution >= 4 is 11.7 Å². The molecule has 1 heterocycles. The molecule has 4 nitrogen and oxygen atoms in total. The molecule has 1 N–H and O–H groups in total. The summed E-state index contributed by atoms with van der Waals surface area (Å²) in [6.45, 7) is 1.01. The summed E-state index contributed by atoms with van der Waals surface area (Å²) in [6.07, 6.45) is 2.04. The standard InChI is InChI=1S/C12H15N3O/c1-15-9-5-8-11(15)13-14-12(16)10-6-3-2-4-7-10/h2-4,6-7H,5,8-9H2,1H3,(H,14,16). The van der Waals surface area contributed by atoms with E-state index in [0.29, 0.717) is 5.56 Å². The van der Waals surface area contributed by atoms with E-state index in [1.54, 1.807) is 12.1 Å². The Kier molecular flexibility index (Phi) is 3.19. The van der Waals surface area contributed by atoms with Gasteiger partial charge >= 0.3 is 0 Å². The molecule has 0 aromatic heterocycles. The summed E-state index contributed by atoms with van der Waals surface area (Å²) >= 11 is 0. The molecule has 4 heteroatoms. The maximum Gasteiger partial charge on any atom is 0.271 e. The van der Waals surface area contributed by atoms with Crippen molar-refractivity contribution < 1.29 is 4.79 Å². The molecule has 0 unspecified atom stereocenters. The van der Waals surface area contributed by atoms with Gasteiger partial charge in [-0.1, -0.05) is 18.2 Å². The number of carbonyl (C=O) groups excluding carboxylic acids is 1. The summed E-state index contributed by atoms with van der Waals surface area (Å²) in [4.78, 5) is 13.7. The Bertz CT molecular complexity index is 400. The summed E-state index contributed by atoms with van der Waals surface area (Å²) in [5.41, 5.74) is 3.21. The van der Waals surface area contributed by atoms with Crippen molar-refractivity contribution in [3.05, 3.63) is 35.9 Å². The lowest BCUT2D eigenvalue weighted by Gasteiger charge is -2.10. The largest absolute Gasteiger partial charge is 0.362 e. The molecule has 0 atom stereocenters. The summed E-state index contributed by atoms with van der Waals surface area (Å²) in [5, 5.41) is 4.12. The Hall–Kier alpha value is -1.84. The van der Waals surface area contributed by atoms with Gasteiger partial charge in [0.25, 0.3) is 5.91 Å². The van der Waals surface area contributed by atoms with Gasteiger partial charge in [0.05, 0.1) is 0 Å². The number of rotatable bonds is 2. The maximum atomic E-state index is 11.7. The number of amides is 1. The molecule has 1 aliphatic heterocycles. The highest BCUT2D eigenvalue weighted by Crippen LogP contribution is 2.08. The van der Waals surface area contributed by atoms with E-state index < -0.39 is 0 Å². The summed E-state index contributed by atoms with van der Waals surface area (Å²) < 4.78 is 0. The van der Waals surface area contributed by atoms with Crippen LogP contribution in [-0.4, -0.2) is 30.2 Å². The number of hydrogen-bond acceptors (Lipinski definition) is 2. The van der Waals surface area contributed by atoms with Crippen LogP contribution in [0.15, 0.2) is 35.4 Å². The van der Waals surface area contributed by atoms with E-state index in [2.05, 4.69) is 15.4 Å². The molecule has 0 radical (unpaired) electrons. The number of amidine groups is 1. The van der Waals surface area contributed by atoms with Crippen LogP contribution in [0.1, 0.15) is 23.2 Å². The molecular weight excluding hydrogens is 202 g/mol. The topological polar surface area (TPSA) is 44.7 Å². The van der Waals surface area contributed by atoms with E-state index in [0.717, 1.165) is 25.2 Å². The molecule has 1 saturated heterocycles. The average molecular weight is 217 g/mol. The third-order valence-corrected chi connectivity index (χ3v) is 2.66. The van der Waals surface area contributed by atoms with E-state index in [9.17, 15) is 4.79 Å². The first-order valence-electron chi connectivity index (χ1n) is 5.40. The maximum absolute atomic E-state index is 11.7. The lowest BCUT2D eigenvalue weighted by molar-refractivity contribution is 0.0954. The number of hydrazone groups is 1. The Labute approximate surface area is 95.0 Å². The van der Waals surface area contributed by atoms with Gasteiger partial charge in [-0.3, -0.25) is 4.79 Å². The predicted molar refractivity (Wildman–Crippen MR) is 63.2 cm³/mol. The highest BCUT2D eigenvalue weighted by Gasteiger charge is 2.14. The SMILES string of the molecule is CN1CCCC1=NNC(=O)c1ccccc1. The van der Waals surface area contributed by atoms with Crippen molar-refractivity contribution in [2.45, 2.75) is 12.8 Å². The number of carbonyl (C=O) groups is 1. The zero-order chi connectivity index (χ0) is 11.4. The van der Waals surface area contributed by atoms with E-state index in [1.165, 1.54) is 0 Å². The highest BCUT2D eigenvalue weighted by molar-refractivity contribution is 5.95. The number of likely N-dealkylation sites (tertiary alicyclic amines) is 1. The normalized spacial score (nSPS) is 17.8. The van der Waals surface area contributed by atoms with Crippen LogP contribution in [0, 0.1) is 0 Å². The fraction of sp³-hybridized carbons (Fsp3) is 0.333. The average Bonchev–Trinajstić information content (AvgIpc) is 2.73. The minimum absolute atomic E-state index is 0.159. The lowest BCUT2D eigenvalue weighted by Crippen LogP contribution is -2.25. The number of nitrogens with one attached hydrogen (secondary N) is 1. The summed E-state index contributed by atoms with van der Waals surface area (Å²) in [5.74, 6) is 0.790. The third-order valence-electron chi connectivity index (χ3n) is 2.66. The first-order chi connectivity index (χ1) is 7.77. The molecule has 1 fully saturated rings. The molecule has 1 aromatic carbocycles. The molecule has 1 aliphatic rings. The monoisotopic (exact) mass is 217 g/mol. The first kappa shape index (κ1) is 10.7. The van der Waals surface area contributed by atoms with E-state index >= 15 is 0 Å². The zero-order valence-corrected chi connectivity index (χ0v) is 9.31.